The molecule has 0 aliphatic rings. The van der Waals surface area contributed by atoms with Gasteiger partial charge in [0.25, 0.3) is 5.91 Å². The van der Waals surface area contributed by atoms with Gasteiger partial charge in [0.2, 0.25) is 0 Å². The van der Waals surface area contributed by atoms with E-state index >= 15 is 0 Å². The third kappa shape index (κ3) is 3.85. The van der Waals surface area contributed by atoms with Crippen molar-refractivity contribution in [2.45, 2.75) is 13.0 Å². The van der Waals surface area contributed by atoms with E-state index in [1.165, 1.54) is 0 Å². The predicted octanol–water partition coefficient (Wildman–Crippen LogP) is 5.06. The smallest absolute Gasteiger partial charge is 0.265 e. The molecule has 2 heterocycles. The molecule has 0 bridgehead atoms. The number of halogens is 1. The monoisotopic (exact) mass is 391 g/mol. The molecule has 1 amide bonds. The highest BCUT2D eigenvalue weighted by Gasteiger charge is 2.17. The van der Waals surface area contributed by atoms with Gasteiger partial charge in [-0.2, -0.15) is 0 Å². The molecule has 1 atom stereocenters. The van der Waals surface area contributed by atoms with Gasteiger partial charge in [-0.3, -0.25) is 4.79 Å². The standard InChI is InChI=1S/C22H18ClN3O2/c1-15(28-17-8-6-7-16(23)13-17)22(27)25-19-10-3-2-9-18(19)20-14-26-12-5-4-11-21(26)24-20/h2-15H,1H3,(H,25,27). The maximum atomic E-state index is 12.7. The zero-order valence-corrected chi connectivity index (χ0v) is 15.9. The molecule has 1 N–H and O–H groups in total. The largest absolute Gasteiger partial charge is 0.481 e. The summed E-state index contributed by atoms with van der Waals surface area (Å²) in [5, 5.41) is 3.50. The van der Waals surface area contributed by atoms with Crippen molar-refractivity contribution in [3.63, 3.8) is 0 Å². The van der Waals surface area contributed by atoms with E-state index in [9.17, 15) is 4.79 Å². The van der Waals surface area contributed by atoms with Gasteiger partial charge in [0.05, 0.1) is 11.4 Å². The van der Waals surface area contributed by atoms with Crippen molar-refractivity contribution in [3.05, 3.63) is 84.1 Å². The van der Waals surface area contributed by atoms with Crippen LogP contribution in [0.1, 0.15) is 6.92 Å². The number of nitrogens with one attached hydrogen (secondary N) is 1. The summed E-state index contributed by atoms with van der Waals surface area (Å²) in [6.07, 6.45) is 3.19. The second-order valence-electron chi connectivity index (χ2n) is 6.34. The van der Waals surface area contributed by atoms with E-state index in [0.717, 1.165) is 16.9 Å². The van der Waals surface area contributed by atoms with Gasteiger partial charge >= 0.3 is 0 Å². The highest BCUT2D eigenvalue weighted by molar-refractivity contribution is 6.30. The van der Waals surface area contributed by atoms with E-state index in [4.69, 9.17) is 16.3 Å². The van der Waals surface area contributed by atoms with E-state index in [1.807, 2.05) is 59.3 Å². The molecule has 5 nitrogen and oxygen atoms in total. The van der Waals surface area contributed by atoms with Gasteiger partial charge in [0, 0.05) is 23.0 Å². The molecule has 0 aliphatic heterocycles. The number of carbonyl (C=O) groups excluding carboxylic acids is 1. The molecule has 1 unspecified atom stereocenters. The number of nitrogens with zero attached hydrogens (tertiary/aromatic N) is 2. The van der Waals surface area contributed by atoms with Crippen molar-refractivity contribution in [2.24, 2.45) is 0 Å². The van der Waals surface area contributed by atoms with Crippen LogP contribution < -0.4 is 10.1 Å². The predicted molar refractivity (Wildman–Crippen MR) is 111 cm³/mol. The summed E-state index contributed by atoms with van der Waals surface area (Å²) in [6, 6.07) is 20.4. The van der Waals surface area contributed by atoms with E-state index in [2.05, 4.69) is 10.3 Å². The Hall–Kier alpha value is -3.31. The van der Waals surface area contributed by atoms with Crippen LogP contribution in [0.5, 0.6) is 5.75 Å². The number of rotatable bonds is 5. The van der Waals surface area contributed by atoms with Crippen molar-refractivity contribution in [2.75, 3.05) is 5.32 Å². The molecule has 4 aromatic rings. The summed E-state index contributed by atoms with van der Waals surface area (Å²) in [5.41, 5.74) is 3.15. The SMILES string of the molecule is CC(Oc1cccc(Cl)c1)C(=O)Nc1ccccc1-c1cn2ccccc2n1. The molecule has 0 radical (unpaired) electrons. The van der Waals surface area contributed by atoms with Crippen LogP contribution in [0.2, 0.25) is 5.02 Å². The molecule has 0 fully saturated rings. The second kappa shape index (κ2) is 7.74. The minimum absolute atomic E-state index is 0.254. The van der Waals surface area contributed by atoms with Crippen LogP contribution in [0, 0.1) is 0 Å². The number of pyridine rings is 1. The molecular formula is C22H18ClN3O2. The lowest BCUT2D eigenvalue weighted by Crippen LogP contribution is -2.30. The van der Waals surface area contributed by atoms with Gasteiger partial charge in [-0.05, 0) is 43.3 Å². The Morgan fingerprint density at radius 2 is 1.93 bits per heavy atom. The quantitative estimate of drug-likeness (QED) is 0.517. The van der Waals surface area contributed by atoms with Crippen LogP contribution in [0.15, 0.2) is 79.1 Å². The summed E-state index contributed by atoms with van der Waals surface area (Å²) in [6.45, 7) is 1.70. The number of benzene rings is 2. The van der Waals surface area contributed by atoms with Crippen LogP contribution >= 0.6 is 11.6 Å². The Kier molecular flexibility index (Phi) is 5.00. The number of fused-ring (bicyclic) bond motifs is 1. The van der Waals surface area contributed by atoms with E-state index in [-0.39, 0.29) is 5.91 Å². The van der Waals surface area contributed by atoms with E-state index in [0.29, 0.717) is 16.5 Å². The molecule has 0 saturated heterocycles. The van der Waals surface area contributed by atoms with Gasteiger partial charge in [-0.25, -0.2) is 4.98 Å². The summed E-state index contributed by atoms with van der Waals surface area (Å²) in [7, 11) is 0. The number of ether oxygens (including phenoxy) is 1. The first-order valence-corrected chi connectivity index (χ1v) is 9.24. The molecule has 2 aromatic heterocycles. The fourth-order valence-corrected chi connectivity index (χ4v) is 3.09. The molecule has 140 valence electrons. The molecule has 0 aliphatic carbocycles. The maximum Gasteiger partial charge on any atom is 0.265 e. The molecular weight excluding hydrogens is 374 g/mol. The lowest BCUT2D eigenvalue weighted by molar-refractivity contribution is -0.122. The van der Waals surface area contributed by atoms with Crippen LogP contribution in [-0.4, -0.2) is 21.4 Å². The number of para-hydroxylation sites is 1. The highest BCUT2D eigenvalue weighted by Crippen LogP contribution is 2.28. The Balaban J connectivity index is 1.55. The molecule has 6 heteroatoms. The van der Waals surface area contributed by atoms with Gasteiger partial charge in [-0.15, -0.1) is 0 Å². The Morgan fingerprint density at radius 3 is 2.75 bits per heavy atom. The summed E-state index contributed by atoms with van der Waals surface area (Å²) < 4.78 is 7.65. The van der Waals surface area contributed by atoms with Gasteiger partial charge in [0.15, 0.2) is 6.10 Å². The number of imidazole rings is 1. The Morgan fingerprint density at radius 1 is 1.11 bits per heavy atom. The molecule has 2 aromatic carbocycles. The van der Waals surface area contributed by atoms with Crippen LogP contribution in [0.3, 0.4) is 0 Å². The number of amides is 1. The maximum absolute atomic E-state index is 12.7. The third-order valence-corrected chi connectivity index (χ3v) is 4.54. The lowest BCUT2D eigenvalue weighted by atomic mass is 10.1. The number of aromatic nitrogens is 2. The molecule has 4 rings (SSSR count). The number of hydrogen-bond acceptors (Lipinski definition) is 3. The fourth-order valence-electron chi connectivity index (χ4n) is 2.91. The first-order chi connectivity index (χ1) is 13.6. The zero-order valence-electron chi connectivity index (χ0n) is 15.2. The van der Waals surface area contributed by atoms with Crippen LogP contribution in [-0.2, 0) is 4.79 Å². The van der Waals surface area contributed by atoms with Crippen molar-refractivity contribution in [1.29, 1.82) is 0 Å². The fraction of sp³-hybridized carbons (Fsp3) is 0.0909. The Bertz CT molecular complexity index is 1110. The van der Waals surface area contributed by atoms with Crippen molar-refractivity contribution in [3.8, 4) is 17.0 Å². The summed E-state index contributed by atoms with van der Waals surface area (Å²) in [4.78, 5) is 17.3. The van der Waals surface area contributed by atoms with Crippen molar-refractivity contribution in [1.82, 2.24) is 9.38 Å². The zero-order chi connectivity index (χ0) is 19.5. The minimum Gasteiger partial charge on any atom is -0.481 e. The lowest BCUT2D eigenvalue weighted by Gasteiger charge is -2.16. The summed E-state index contributed by atoms with van der Waals surface area (Å²) in [5.74, 6) is 0.292. The number of anilines is 1. The van der Waals surface area contributed by atoms with Gasteiger partial charge in [-0.1, -0.05) is 41.9 Å². The third-order valence-electron chi connectivity index (χ3n) is 4.30. The number of carbonyl (C=O) groups is 1. The Labute approximate surface area is 167 Å². The van der Waals surface area contributed by atoms with E-state index in [1.54, 1.807) is 31.2 Å². The average molecular weight is 392 g/mol. The van der Waals surface area contributed by atoms with E-state index < -0.39 is 6.10 Å². The van der Waals surface area contributed by atoms with Gasteiger partial charge < -0.3 is 14.5 Å². The molecule has 0 spiro atoms. The number of hydrogen-bond donors (Lipinski definition) is 1. The first-order valence-electron chi connectivity index (χ1n) is 8.86. The van der Waals surface area contributed by atoms with Gasteiger partial charge in [0.1, 0.15) is 11.4 Å². The molecule has 28 heavy (non-hydrogen) atoms. The van der Waals surface area contributed by atoms with Crippen LogP contribution in [0.4, 0.5) is 5.69 Å². The van der Waals surface area contributed by atoms with Crippen molar-refractivity contribution < 1.29 is 9.53 Å². The van der Waals surface area contributed by atoms with Crippen LogP contribution in [0.25, 0.3) is 16.9 Å². The minimum atomic E-state index is -0.687. The molecule has 0 saturated carbocycles. The highest BCUT2D eigenvalue weighted by atomic mass is 35.5. The first kappa shape index (κ1) is 18.1. The van der Waals surface area contributed by atoms with Crippen molar-refractivity contribution >= 4 is 28.8 Å². The average Bonchev–Trinajstić information content (AvgIpc) is 3.12. The second-order valence-corrected chi connectivity index (χ2v) is 6.78. The summed E-state index contributed by atoms with van der Waals surface area (Å²) >= 11 is 5.97. The topological polar surface area (TPSA) is 55.6 Å². The normalized spacial score (nSPS) is 11.9.